The van der Waals surface area contributed by atoms with Crippen molar-refractivity contribution in [1.29, 1.82) is 0 Å². The van der Waals surface area contributed by atoms with E-state index >= 15 is 0 Å². The first kappa shape index (κ1) is 16.7. The minimum atomic E-state index is 0.0976. The monoisotopic (exact) mass is 280 g/mol. The highest BCUT2D eigenvalue weighted by molar-refractivity contribution is 5.87. The van der Waals surface area contributed by atoms with Crippen molar-refractivity contribution in [3.63, 3.8) is 0 Å². The predicted molar refractivity (Wildman–Crippen MR) is 84.6 cm³/mol. The molecule has 0 radical (unpaired) electrons. The van der Waals surface area contributed by atoms with Crippen molar-refractivity contribution in [2.24, 2.45) is 15.4 Å². The quantitative estimate of drug-likeness (QED) is 0.775. The van der Waals surface area contributed by atoms with Crippen LogP contribution in [0.5, 0.6) is 0 Å². The fourth-order valence-electron chi connectivity index (χ4n) is 1.71. The third-order valence-electron chi connectivity index (χ3n) is 2.75. The van der Waals surface area contributed by atoms with E-state index in [0.29, 0.717) is 0 Å². The number of ether oxygens (including phenoxy) is 2. The van der Waals surface area contributed by atoms with Crippen molar-refractivity contribution in [1.82, 2.24) is 0 Å². The summed E-state index contributed by atoms with van der Waals surface area (Å²) in [5.41, 5.74) is 0.0976. The average molecular weight is 280 g/mol. The molecule has 2 heterocycles. The summed E-state index contributed by atoms with van der Waals surface area (Å²) in [6.07, 6.45) is 7.18. The maximum absolute atomic E-state index is 5.39. The summed E-state index contributed by atoms with van der Waals surface area (Å²) in [5, 5.41) is 0. The second kappa shape index (κ2) is 8.77. The summed E-state index contributed by atoms with van der Waals surface area (Å²) in [7, 11) is 0. The Kier molecular flexibility index (Phi) is 7.34. The van der Waals surface area contributed by atoms with Crippen LogP contribution in [0.1, 0.15) is 47.0 Å². The Balaban J connectivity index is 0.000000200. The van der Waals surface area contributed by atoms with E-state index in [4.69, 9.17) is 9.47 Å². The topological polar surface area (TPSA) is 43.2 Å². The molecule has 20 heavy (non-hydrogen) atoms. The minimum absolute atomic E-state index is 0.0976. The smallest absolute Gasteiger partial charge is 0.208 e. The summed E-state index contributed by atoms with van der Waals surface area (Å²) in [4.78, 5) is 8.47. The normalized spacial score (nSPS) is 19.2. The van der Waals surface area contributed by atoms with Crippen molar-refractivity contribution in [3.05, 3.63) is 12.2 Å². The zero-order valence-electron chi connectivity index (χ0n) is 13.3. The van der Waals surface area contributed by atoms with Gasteiger partial charge in [0, 0.05) is 31.3 Å². The third-order valence-corrected chi connectivity index (χ3v) is 2.75. The lowest BCUT2D eigenvalue weighted by molar-refractivity contribution is 0.242. The van der Waals surface area contributed by atoms with Crippen molar-refractivity contribution < 1.29 is 9.47 Å². The van der Waals surface area contributed by atoms with E-state index in [1.165, 1.54) is 0 Å². The first-order valence-corrected chi connectivity index (χ1v) is 7.55. The zero-order chi connectivity index (χ0) is 14.8. The lowest BCUT2D eigenvalue weighted by Gasteiger charge is -2.24. The van der Waals surface area contributed by atoms with Crippen LogP contribution in [-0.4, -0.2) is 38.1 Å². The van der Waals surface area contributed by atoms with Crippen LogP contribution in [0.25, 0.3) is 0 Å². The van der Waals surface area contributed by atoms with E-state index in [0.717, 1.165) is 57.4 Å². The maximum Gasteiger partial charge on any atom is 0.208 e. The van der Waals surface area contributed by atoms with Gasteiger partial charge in [-0.3, -0.25) is 9.98 Å². The molecule has 0 aliphatic carbocycles. The molecule has 114 valence electrons. The van der Waals surface area contributed by atoms with Crippen LogP contribution < -0.4 is 0 Å². The molecule has 2 aliphatic heterocycles. The Labute approximate surface area is 123 Å². The molecule has 0 N–H and O–H groups in total. The van der Waals surface area contributed by atoms with E-state index in [9.17, 15) is 0 Å². The number of nitrogens with zero attached hydrogens (tertiary/aromatic N) is 2. The maximum atomic E-state index is 5.39. The van der Waals surface area contributed by atoms with Gasteiger partial charge in [-0.2, -0.15) is 0 Å². The Morgan fingerprint density at radius 2 is 1.70 bits per heavy atom. The molecule has 0 fully saturated rings. The first-order valence-electron chi connectivity index (χ1n) is 7.55. The highest BCUT2D eigenvalue weighted by Crippen LogP contribution is 2.19. The van der Waals surface area contributed by atoms with Crippen LogP contribution in [0.4, 0.5) is 0 Å². The van der Waals surface area contributed by atoms with Crippen molar-refractivity contribution in [2.45, 2.75) is 47.0 Å². The van der Waals surface area contributed by atoms with Crippen molar-refractivity contribution >= 4 is 11.8 Å². The van der Waals surface area contributed by atoms with Gasteiger partial charge in [0.15, 0.2) is 5.90 Å². The van der Waals surface area contributed by atoms with Gasteiger partial charge in [0.05, 0.1) is 13.2 Å². The molecule has 0 aromatic heterocycles. The standard InChI is InChI=1S/C8H15NO.C8H13NO/c1-8(2,3)7-9-5-4-6-10-7;1-2-3-5-8-9-6-4-7-10-8/h4-6H2,1-3H3;3,5H,2,4,6-7H2,1H3. The van der Waals surface area contributed by atoms with Crippen LogP contribution in [0, 0.1) is 5.41 Å². The molecule has 0 saturated carbocycles. The molecule has 0 amide bonds. The summed E-state index contributed by atoms with van der Waals surface area (Å²) in [5.74, 6) is 1.71. The van der Waals surface area contributed by atoms with Gasteiger partial charge in [0.25, 0.3) is 0 Å². The highest BCUT2D eigenvalue weighted by Gasteiger charge is 2.21. The summed E-state index contributed by atoms with van der Waals surface area (Å²) < 4.78 is 10.6. The molecule has 4 nitrogen and oxygen atoms in total. The highest BCUT2D eigenvalue weighted by atomic mass is 16.5. The first-order chi connectivity index (χ1) is 9.54. The number of allylic oxidation sites excluding steroid dienone is 1. The molecule has 0 aromatic carbocycles. The van der Waals surface area contributed by atoms with Gasteiger partial charge in [0.2, 0.25) is 5.90 Å². The SMILES string of the molecule is CC(C)(C)C1=NCCCO1.CCC=CC1=NCCCO1. The predicted octanol–water partition coefficient (Wildman–Crippen LogP) is 3.62. The Morgan fingerprint density at radius 1 is 1.05 bits per heavy atom. The van der Waals surface area contributed by atoms with Gasteiger partial charge in [-0.25, -0.2) is 0 Å². The van der Waals surface area contributed by atoms with Crippen LogP contribution in [0.3, 0.4) is 0 Å². The molecule has 2 aliphatic rings. The Bertz CT molecular complexity index is 365. The molecule has 0 spiro atoms. The van der Waals surface area contributed by atoms with E-state index < -0.39 is 0 Å². The van der Waals surface area contributed by atoms with Gasteiger partial charge >= 0.3 is 0 Å². The van der Waals surface area contributed by atoms with E-state index in [-0.39, 0.29) is 5.41 Å². The molecule has 0 saturated heterocycles. The number of rotatable bonds is 2. The van der Waals surface area contributed by atoms with Gasteiger partial charge in [-0.1, -0.05) is 33.8 Å². The molecular formula is C16H28N2O2. The molecule has 0 atom stereocenters. The molecule has 0 bridgehead atoms. The van der Waals surface area contributed by atoms with E-state index in [1.54, 1.807) is 0 Å². The summed E-state index contributed by atoms with van der Waals surface area (Å²) in [6.45, 7) is 12.0. The molecule has 0 aromatic rings. The Morgan fingerprint density at radius 3 is 2.10 bits per heavy atom. The van der Waals surface area contributed by atoms with Gasteiger partial charge in [-0.15, -0.1) is 0 Å². The molecule has 2 rings (SSSR count). The average Bonchev–Trinajstić information content (AvgIpc) is 2.47. The molecule has 0 unspecified atom stereocenters. The second-order valence-corrected chi connectivity index (χ2v) is 5.87. The van der Waals surface area contributed by atoms with Crippen LogP contribution >= 0.6 is 0 Å². The minimum Gasteiger partial charge on any atom is -0.481 e. The second-order valence-electron chi connectivity index (χ2n) is 5.87. The van der Waals surface area contributed by atoms with Crippen LogP contribution in [-0.2, 0) is 9.47 Å². The summed E-state index contributed by atoms with van der Waals surface area (Å²) >= 11 is 0. The lowest BCUT2D eigenvalue weighted by atomic mass is 9.96. The lowest BCUT2D eigenvalue weighted by Crippen LogP contribution is -2.27. The third kappa shape index (κ3) is 6.73. The Hall–Kier alpha value is -1.32. The van der Waals surface area contributed by atoms with Crippen LogP contribution in [0.15, 0.2) is 22.1 Å². The zero-order valence-corrected chi connectivity index (χ0v) is 13.3. The fourth-order valence-corrected chi connectivity index (χ4v) is 1.71. The van der Waals surface area contributed by atoms with Crippen molar-refractivity contribution in [2.75, 3.05) is 26.3 Å². The molecular weight excluding hydrogens is 252 g/mol. The van der Waals surface area contributed by atoms with E-state index in [2.05, 4.69) is 43.8 Å². The van der Waals surface area contributed by atoms with Gasteiger partial charge in [-0.05, 0) is 12.5 Å². The van der Waals surface area contributed by atoms with Gasteiger partial charge in [0.1, 0.15) is 0 Å². The van der Waals surface area contributed by atoms with E-state index in [1.807, 2.05) is 6.08 Å². The van der Waals surface area contributed by atoms with Gasteiger partial charge < -0.3 is 9.47 Å². The number of aliphatic imine (C=N–C) groups is 2. The van der Waals surface area contributed by atoms with Crippen molar-refractivity contribution in [3.8, 4) is 0 Å². The van der Waals surface area contributed by atoms with Crippen LogP contribution in [0.2, 0.25) is 0 Å². The fraction of sp³-hybridized carbons (Fsp3) is 0.750. The largest absolute Gasteiger partial charge is 0.481 e. The number of hydrogen-bond donors (Lipinski definition) is 0. The molecule has 4 heteroatoms. The number of hydrogen-bond acceptors (Lipinski definition) is 4. The summed E-state index contributed by atoms with van der Waals surface area (Å²) in [6, 6.07) is 0.